The van der Waals surface area contributed by atoms with Gasteiger partial charge in [0.15, 0.2) is 12.2 Å². The zero-order valence-electron chi connectivity index (χ0n) is 64.3. The van der Waals surface area contributed by atoms with Gasteiger partial charge in [0.1, 0.15) is 19.3 Å². The lowest BCUT2D eigenvalue weighted by Crippen LogP contribution is -2.30. The quantitative estimate of drug-likeness (QED) is 0.0169. The minimum Gasteiger partial charge on any atom is -0.462 e. The Morgan fingerprint density at radius 3 is 0.814 bits per heavy atom. The van der Waals surface area contributed by atoms with Crippen molar-refractivity contribution in [2.45, 2.75) is 354 Å². The number of carbonyl (C=O) groups excluding carboxylic acids is 4. The number of hydrogen-bond donors (Lipinski definition) is 3. The van der Waals surface area contributed by atoms with Gasteiger partial charge in [0.05, 0.1) is 26.4 Å². The number of hydrogen-bond acceptors (Lipinski definition) is 15. The highest BCUT2D eigenvalue weighted by Gasteiger charge is 2.30. The number of rotatable bonds is 75. The Labute approximate surface area is 619 Å². The van der Waals surface area contributed by atoms with E-state index in [2.05, 4.69) is 137 Å². The van der Waals surface area contributed by atoms with Crippen molar-refractivity contribution in [1.82, 2.24) is 0 Å². The zero-order chi connectivity index (χ0) is 74.6. The van der Waals surface area contributed by atoms with Crippen LogP contribution in [0.2, 0.25) is 0 Å². The van der Waals surface area contributed by atoms with Gasteiger partial charge in [-0.25, -0.2) is 9.13 Å². The maximum absolute atomic E-state index is 13.1. The van der Waals surface area contributed by atoms with Crippen molar-refractivity contribution in [2.75, 3.05) is 39.6 Å². The summed E-state index contributed by atoms with van der Waals surface area (Å²) in [6, 6.07) is 0. The van der Waals surface area contributed by atoms with Gasteiger partial charge in [-0.3, -0.25) is 37.3 Å². The van der Waals surface area contributed by atoms with E-state index in [-0.39, 0.29) is 25.7 Å². The predicted molar refractivity (Wildman–Crippen MR) is 418 cm³/mol. The minimum atomic E-state index is -4.98. The Bertz CT molecular complexity index is 2360. The molecule has 0 aliphatic heterocycles. The molecule has 0 aromatic rings. The third kappa shape index (κ3) is 74.0. The second kappa shape index (κ2) is 75.0. The van der Waals surface area contributed by atoms with Gasteiger partial charge in [0.2, 0.25) is 0 Å². The first-order chi connectivity index (χ1) is 49.7. The van der Waals surface area contributed by atoms with Crippen molar-refractivity contribution in [1.29, 1.82) is 0 Å². The highest BCUT2D eigenvalue weighted by atomic mass is 31.2. The van der Waals surface area contributed by atoms with Crippen LogP contribution < -0.4 is 0 Å². The summed E-state index contributed by atoms with van der Waals surface area (Å²) in [4.78, 5) is 73.0. The summed E-state index contributed by atoms with van der Waals surface area (Å²) in [6.45, 7) is 4.61. The number of unbranched alkanes of at least 4 members (excludes halogenated alkanes) is 31. The van der Waals surface area contributed by atoms with E-state index in [1.807, 2.05) is 0 Å². The third-order valence-electron chi connectivity index (χ3n) is 16.7. The fraction of sp³-hybridized carbons (Fsp3) is 0.735. The van der Waals surface area contributed by atoms with Crippen molar-refractivity contribution in [3.63, 3.8) is 0 Å². The number of esters is 4. The van der Waals surface area contributed by atoms with E-state index in [9.17, 15) is 43.2 Å². The van der Waals surface area contributed by atoms with Gasteiger partial charge in [0, 0.05) is 25.7 Å². The highest BCUT2D eigenvalue weighted by Crippen LogP contribution is 2.45. The largest absolute Gasteiger partial charge is 0.472 e. The van der Waals surface area contributed by atoms with Crippen molar-refractivity contribution < 1.29 is 80.2 Å². The highest BCUT2D eigenvalue weighted by molar-refractivity contribution is 7.47. The van der Waals surface area contributed by atoms with Crippen LogP contribution in [-0.2, 0) is 65.4 Å². The lowest BCUT2D eigenvalue weighted by molar-refractivity contribution is -0.161. The van der Waals surface area contributed by atoms with Gasteiger partial charge in [-0.05, 0) is 128 Å². The average molecular weight is 1480 g/mol. The second-order valence-electron chi connectivity index (χ2n) is 26.6. The molecule has 0 saturated heterocycles. The van der Waals surface area contributed by atoms with Gasteiger partial charge in [-0.15, -0.1) is 0 Å². The SMILES string of the molecule is CC/C=C\C/C=C\C/C=C\C/C=C\CCCCCCCCC(=O)OCC(COP(=O)(O)OCC(O)COP(=O)(O)OCC(COC(=O)CCCC/C=C\C/C=C\C/C=C\C/C=C\CC)OC(=O)CCCCCCCCCCCCCCC)OC(=O)CCCCCCC/C=C\CCCCCCCC. The summed E-state index contributed by atoms with van der Waals surface area (Å²) >= 11 is 0. The van der Waals surface area contributed by atoms with Gasteiger partial charge in [0.25, 0.3) is 0 Å². The van der Waals surface area contributed by atoms with Crippen LogP contribution in [0.3, 0.4) is 0 Å². The molecule has 0 saturated carbocycles. The molecule has 0 spiro atoms. The van der Waals surface area contributed by atoms with Crippen molar-refractivity contribution in [2.24, 2.45) is 0 Å². The lowest BCUT2D eigenvalue weighted by Gasteiger charge is -2.21. The molecular weight excluding hydrogens is 1330 g/mol. The topological polar surface area (TPSA) is 237 Å². The molecule has 17 nitrogen and oxygen atoms in total. The van der Waals surface area contributed by atoms with Crippen LogP contribution in [0, 0.1) is 0 Å². The van der Waals surface area contributed by atoms with E-state index in [1.165, 1.54) is 89.9 Å². The maximum Gasteiger partial charge on any atom is 0.472 e. The number of phosphoric acid groups is 2. The number of phosphoric ester groups is 2. The molecule has 0 bridgehead atoms. The fourth-order valence-corrected chi connectivity index (χ4v) is 12.2. The molecule has 0 heterocycles. The van der Waals surface area contributed by atoms with Crippen molar-refractivity contribution in [3.05, 3.63) is 109 Å². The van der Waals surface area contributed by atoms with Gasteiger partial charge in [-0.1, -0.05) is 291 Å². The Balaban J connectivity index is 5.38. The van der Waals surface area contributed by atoms with Crippen LogP contribution in [0.5, 0.6) is 0 Å². The average Bonchev–Trinajstić information content (AvgIpc) is 0.924. The van der Waals surface area contributed by atoms with Crippen molar-refractivity contribution >= 4 is 39.5 Å². The fourth-order valence-electron chi connectivity index (χ4n) is 10.7. The minimum absolute atomic E-state index is 0.0807. The molecule has 0 rings (SSSR count). The van der Waals surface area contributed by atoms with Gasteiger partial charge in [-0.2, -0.15) is 0 Å². The summed E-state index contributed by atoms with van der Waals surface area (Å²) in [6.07, 6.45) is 80.7. The van der Waals surface area contributed by atoms with E-state index in [1.54, 1.807) is 0 Å². The number of allylic oxidation sites excluding steroid dienone is 18. The Morgan fingerprint density at radius 2 is 0.510 bits per heavy atom. The molecule has 0 aliphatic rings. The summed E-state index contributed by atoms with van der Waals surface area (Å²) in [5.74, 6) is -2.23. The first kappa shape index (κ1) is 97.7. The van der Waals surface area contributed by atoms with E-state index in [0.29, 0.717) is 25.7 Å². The number of aliphatic hydroxyl groups is 1. The number of ether oxygens (including phenoxy) is 4. The predicted octanol–water partition coefficient (Wildman–Crippen LogP) is 23.3. The van der Waals surface area contributed by atoms with Crippen LogP contribution in [0.25, 0.3) is 0 Å². The molecule has 0 aromatic heterocycles. The Hall–Kier alpha value is -4.28. The van der Waals surface area contributed by atoms with Crippen molar-refractivity contribution in [3.8, 4) is 0 Å². The smallest absolute Gasteiger partial charge is 0.462 e. The first-order valence-corrected chi connectivity index (χ1v) is 43.1. The molecule has 0 aliphatic carbocycles. The summed E-state index contributed by atoms with van der Waals surface area (Å²) in [5, 5.41) is 10.6. The van der Waals surface area contributed by atoms with Crippen LogP contribution in [0.4, 0.5) is 0 Å². The Kier molecular flexibility index (Phi) is 71.8. The normalized spacial score (nSPS) is 14.5. The molecule has 5 unspecified atom stereocenters. The van der Waals surface area contributed by atoms with Gasteiger partial charge >= 0.3 is 39.5 Å². The molecule has 3 N–H and O–H groups in total. The summed E-state index contributed by atoms with van der Waals surface area (Å²) < 4.78 is 68.6. The Morgan fingerprint density at radius 1 is 0.284 bits per heavy atom. The monoisotopic (exact) mass is 1470 g/mol. The maximum atomic E-state index is 13.1. The first-order valence-electron chi connectivity index (χ1n) is 40.1. The molecule has 0 radical (unpaired) electrons. The molecule has 102 heavy (non-hydrogen) atoms. The van der Waals surface area contributed by atoms with Crippen LogP contribution in [0.1, 0.15) is 336 Å². The zero-order valence-corrected chi connectivity index (χ0v) is 66.0. The second-order valence-corrected chi connectivity index (χ2v) is 29.5. The van der Waals surface area contributed by atoms with Crippen LogP contribution in [0.15, 0.2) is 109 Å². The molecule has 0 fully saturated rings. The lowest BCUT2D eigenvalue weighted by atomic mass is 10.0. The molecule has 0 aromatic carbocycles. The van der Waals surface area contributed by atoms with E-state index in [4.69, 9.17) is 37.0 Å². The number of carbonyl (C=O) groups is 4. The third-order valence-corrected chi connectivity index (χ3v) is 18.6. The summed E-state index contributed by atoms with van der Waals surface area (Å²) in [7, 11) is -9.97. The summed E-state index contributed by atoms with van der Waals surface area (Å²) in [5.41, 5.74) is 0. The van der Waals surface area contributed by atoms with Crippen LogP contribution in [-0.4, -0.2) is 96.7 Å². The number of aliphatic hydroxyl groups excluding tert-OH is 1. The molecule has 0 amide bonds. The van der Waals surface area contributed by atoms with Gasteiger partial charge < -0.3 is 33.8 Å². The van der Waals surface area contributed by atoms with Crippen LogP contribution >= 0.6 is 15.6 Å². The molecule has 588 valence electrons. The molecular formula is C83H144O17P2. The van der Waals surface area contributed by atoms with E-state index >= 15 is 0 Å². The van der Waals surface area contributed by atoms with E-state index < -0.39 is 97.5 Å². The van der Waals surface area contributed by atoms with E-state index in [0.717, 1.165) is 167 Å². The molecule has 19 heteroatoms. The molecule has 5 atom stereocenters. The standard InChI is InChI=1S/C83H144O17P2/c1-5-9-13-17-21-25-29-33-36-37-38-39-42-45-48-52-56-60-64-68-81(86)94-74-79(100-83(88)70-66-62-58-54-50-46-41-35-31-27-23-19-15-11-7-3)76-98-102(91,92)96-72-77(84)71-95-101(89,90)97-75-78(99-82(87)69-65-61-57-53-49-43-32-28-24-20-16-12-8-4)73-93-80(85)67-63-59-55-51-47-44-40-34-30-26-22-18-14-10-6-2/h9-10,13-14,21-22,25-26,33-36,38-41,47,51,77-79,84H,5-8,11-12,15-20,23-24,27-32,37,42-46,48-50,52-76H2,1-4H3,(H,89,90)(H,91,92)/b13-9-,14-10-,25-21-,26-22-,36-33-,39-38-,40-34-,41-35-,51-47-.